The first-order chi connectivity index (χ1) is 28.1. The fraction of sp³-hybridized carbons (Fsp3) is 0.0189. The van der Waals surface area contributed by atoms with Crippen molar-refractivity contribution in [2.75, 3.05) is 0 Å². The zero-order valence-corrected chi connectivity index (χ0v) is 31.3. The van der Waals surface area contributed by atoms with Crippen LogP contribution in [0, 0.1) is 6.92 Å². The van der Waals surface area contributed by atoms with Crippen molar-refractivity contribution < 1.29 is 0 Å². The van der Waals surface area contributed by atoms with Gasteiger partial charge in [0.2, 0.25) is 0 Å². The summed E-state index contributed by atoms with van der Waals surface area (Å²) in [6.07, 6.45) is 0. The molecule has 3 aromatic heterocycles. The van der Waals surface area contributed by atoms with E-state index < -0.39 is 0 Å². The average Bonchev–Trinajstić information content (AvgIpc) is 3.29. The molecule has 0 bridgehead atoms. The summed E-state index contributed by atoms with van der Waals surface area (Å²) >= 11 is 0. The van der Waals surface area contributed by atoms with Gasteiger partial charge in [-0.2, -0.15) is 0 Å². The molecule has 10 rings (SSSR count). The summed E-state index contributed by atoms with van der Waals surface area (Å²) in [6, 6.07) is 69.9. The molecule has 0 unspecified atom stereocenters. The van der Waals surface area contributed by atoms with Crippen molar-refractivity contribution in [2.45, 2.75) is 6.92 Å². The zero-order valence-electron chi connectivity index (χ0n) is 31.3. The molecule has 0 saturated carbocycles. The molecular formula is C53H36N4. The standard InChI is InChI=1S/C53H36N4/c1-35-32-47(46-30-28-42-29-31-48(40-14-7-3-8-15-40)55-51(42)52(46)54-35)39-24-20-38(21-25-39)44-18-11-19-45(33-44)50-34-49(41-16-9-4-10-17-41)56-53(57-50)43-26-22-37(23-27-43)36-12-5-2-6-13-36/h2-34H,1H3. The molecule has 0 saturated heterocycles. The quantitative estimate of drug-likeness (QED) is 0.153. The number of aryl methyl sites for hydroxylation is 1. The molecule has 0 aliphatic carbocycles. The molecule has 3 heterocycles. The van der Waals surface area contributed by atoms with Crippen molar-refractivity contribution >= 4 is 21.8 Å². The number of nitrogens with zero attached hydrogens (tertiary/aromatic N) is 4. The maximum Gasteiger partial charge on any atom is 0.160 e. The van der Waals surface area contributed by atoms with E-state index in [0.29, 0.717) is 5.82 Å². The maximum atomic E-state index is 5.15. The SMILES string of the molecule is Cc1cc(-c2ccc(-c3cccc(-c4cc(-c5ccccc5)nc(-c5ccc(-c6ccccc6)cc5)n4)c3)cc2)c2ccc3ccc(-c4ccccc4)nc3c2n1. The predicted molar refractivity (Wildman–Crippen MR) is 235 cm³/mol. The Balaban J connectivity index is 1.00. The molecular weight excluding hydrogens is 693 g/mol. The Bertz CT molecular complexity index is 3030. The second-order valence-electron chi connectivity index (χ2n) is 14.3. The molecule has 4 nitrogen and oxygen atoms in total. The highest BCUT2D eigenvalue weighted by Gasteiger charge is 2.14. The lowest BCUT2D eigenvalue weighted by Crippen LogP contribution is -1.96. The van der Waals surface area contributed by atoms with Gasteiger partial charge in [-0.3, -0.25) is 4.98 Å². The Morgan fingerprint density at radius 2 is 0.807 bits per heavy atom. The van der Waals surface area contributed by atoms with Crippen LogP contribution in [0.15, 0.2) is 200 Å². The van der Waals surface area contributed by atoms with E-state index in [-0.39, 0.29) is 0 Å². The first-order valence-electron chi connectivity index (χ1n) is 19.2. The third-order valence-electron chi connectivity index (χ3n) is 10.6. The topological polar surface area (TPSA) is 51.6 Å². The first-order valence-corrected chi connectivity index (χ1v) is 19.2. The number of aromatic nitrogens is 4. The number of hydrogen-bond acceptors (Lipinski definition) is 4. The molecule has 57 heavy (non-hydrogen) atoms. The molecule has 0 radical (unpaired) electrons. The van der Waals surface area contributed by atoms with Gasteiger partial charge < -0.3 is 0 Å². The summed E-state index contributed by atoms with van der Waals surface area (Å²) in [5.74, 6) is 0.694. The van der Waals surface area contributed by atoms with Gasteiger partial charge in [-0.15, -0.1) is 0 Å². The van der Waals surface area contributed by atoms with E-state index in [1.54, 1.807) is 0 Å². The largest absolute Gasteiger partial charge is 0.251 e. The minimum atomic E-state index is 0.694. The summed E-state index contributed by atoms with van der Waals surface area (Å²) < 4.78 is 0. The van der Waals surface area contributed by atoms with Gasteiger partial charge in [-0.25, -0.2) is 15.0 Å². The Kier molecular flexibility index (Phi) is 8.69. The van der Waals surface area contributed by atoms with Crippen LogP contribution in [-0.2, 0) is 0 Å². The number of benzene rings is 7. The van der Waals surface area contributed by atoms with Crippen LogP contribution in [0.25, 0.3) is 100 Å². The van der Waals surface area contributed by atoms with Gasteiger partial charge in [0, 0.05) is 38.7 Å². The van der Waals surface area contributed by atoms with E-state index in [1.165, 1.54) is 5.56 Å². The predicted octanol–water partition coefficient (Wildman–Crippen LogP) is 13.6. The number of hydrogen-bond donors (Lipinski definition) is 0. The highest BCUT2D eigenvalue weighted by molar-refractivity contribution is 6.08. The van der Waals surface area contributed by atoms with E-state index in [9.17, 15) is 0 Å². The minimum Gasteiger partial charge on any atom is -0.251 e. The van der Waals surface area contributed by atoms with Crippen LogP contribution in [0.3, 0.4) is 0 Å². The van der Waals surface area contributed by atoms with Crippen molar-refractivity contribution in [1.82, 2.24) is 19.9 Å². The molecule has 7 aromatic carbocycles. The maximum absolute atomic E-state index is 5.15. The van der Waals surface area contributed by atoms with Crippen LogP contribution in [0.5, 0.6) is 0 Å². The van der Waals surface area contributed by atoms with Crippen LogP contribution in [0.2, 0.25) is 0 Å². The fourth-order valence-electron chi connectivity index (χ4n) is 7.63. The summed E-state index contributed by atoms with van der Waals surface area (Å²) in [6.45, 7) is 2.06. The van der Waals surface area contributed by atoms with Crippen LogP contribution in [-0.4, -0.2) is 19.9 Å². The second-order valence-corrected chi connectivity index (χ2v) is 14.3. The number of fused-ring (bicyclic) bond motifs is 3. The molecule has 0 aliphatic heterocycles. The van der Waals surface area contributed by atoms with Crippen molar-refractivity contribution in [2.24, 2.45) is 0 Å². The van der Waals surface area contributed by atoms with Crippen LogP contribution < -0.4 is 0 Å². The van der Waals surface area contributed by atoms with E-state index in [0.717, 1.165) is 94.7 Å². The first kappa shape index (κ1) is 34.0. The van der Waals surface area contributed by atoms with Crippen LogP contribution in [0.4, 0.5) is 0 Å². The fourth-order valence-corrected chi connectivity index (χ4v) is 7.63. The van der Waals surface area contributed by atoms with Crippen molar-refractivity contribution in [3.63, 3.8) is 0 Å². The molecule has 0 atom stereocenters. The van der Waals surface area contributed by atoms with Crippen molar-refractivity contribution in [3.05, 3.63) is 206 Å². The van der Waals surface area contributed by atoms with Gasteiger partial charge in [0.15, 0.2) is 5.82 Å². The van der Waals surface area contributed by atoms with Gasteiger partial charge in [-0.05, 0) is 64.6 Å². The molecule has 10 aromatic rings. The summed E-state index contributed by atoms with van der Waals surface area (Å²) in [4.78, 5) is 20.4. The van der Waals surface area contributed by atoms with Crippen LogP contribution >= 0.6 is 0 Å². The van der Waals surface area contributed by atoms with Gasteiger partial charge >= 0.3 is 0 Å². The van der Waals surface area contributed by atoms with Gasteiger partial charge in [0.25, 0.3) is 0 Å². The molecule has 0 amide bonds. The molecule has 0 N–H and O–H groups in total. The van der Waals surface area contributed by atoms with Gasteiger partial charge in [0.05, 0.1) is 28.1 Å². The lowest BCUT2D eigenvalue weighted by molar-refractivity contribution is 1.18. The van der Waals surface area contributed by atoms with Crippen molar-refractivity contribution in [3.8, 4) is 78.5 Å². The Hall–Kier alpha value is -7.56. The summed E-state index contributed by atoms with van der Waals surface area (Å²) in [5.41, 5.74) is 16.5. The Morgan fingerprint density at radius 3 is 1.49 bits per heavy atom. The second kappa shape index (κ2) is 14.6. The Labute approximate surface area is 331 Å². The van der Waals surface area contributed by atoms with E-state index in [4.69, 9.17) is 19.9 Å². The normalized spacial score (nSPS) is 11.2. The molecule has 0 aliphatic rings. The third-order valence-corrected chi connectivity index (χ3v) is 10.6. The van der Waals surface area contributed by atoms with Crippen molar-refractivity contribution in [1.29, 1.82) is 0 Å². The zero-order chi connectivity index (χ0) is 38.1. The van der Waals surface area contributed by atoms with E-state index >= 15 is 0 Å². The minimum absolute atomic E-state index is 0.694. The third kappa shape index (κ3) is 6.75. The number of pyridine rings is 2. The smallest absolute Gasteiger partial charge is 0.160 e. The highest BCUT2D eigenvalue weighted by Crippen LogP contribution is 2.36. The van der Waals surface area contributed by atoms with Crippen LogP contribution in [0.1, 0.15) is 5.69 Å². The average molecular weight is 729 g/mol. The van der Waals surface area contributed by atoms with E-state index in [2.05, 4.69) is 165 Å². The monoisotopic (exact) mass is 728 g/mol. The number of rotatable bonds is 7. The molecule has 268 valence electrons. The summed E-state index contributed by atoms with van der Waals surface area (Å²) in [7, 11) is 0. The lowest BCUT2D eigenvalue weighted by Gasteiger charge is -2.13. The van der Waals surface area contributed by atoms with Gasteiger partial charge in [0.1, 0.15) is 0 Å². The molecule has 0 spiro atoms. The highest BCUT2D eigenvalue weighted by atomic mass is 14.9. The molecule has 4 heteroatoms. The Morgan fingerprint density at radius 1 is 0.298 bits per heavy atom. The van der Waals surface area contributed by atoms with E-state index in [1.807, 2.05) is 42.5 Å². The molecule has 0 fully saturated rings. The van der Waals surface area contributed by atoms with Gasteiger partial charge in [-0.1, -0.05) is 176 Å². The summed E-state index contributed by atoms with van der Waals surface area (Å²) in [5, 5.41) is 2.16. The lowest BCUT2D eigenvalue weighted by atomic mass is 9.95.